The first-order chi connectivity index (χ1) is 9.93. The molecule has 2 aromatic rings. The van der Waals surface area contributed by atoms with Gasteiger partial charge in [-0.1, -0.05) is 13.0 Å². The Balaban J connectivity index is 2.41. The molecule has 1 unspecified atom stereocenters. The molecule has 21 heavy (non-hydrogen) atoms. The molecule has 3 nitrogen and oxygen atoms in total. The molecule has 0 aliphatic carbocycles. The highest BCUT2D eigenvalue weighted by Crippen LogP contribution is 2.33. The molecular formula is C14H13F4N3. The lowest BCUT2D eigenvalue weighted by Gasteiger charge is -2.18. The molecule has 1 aromatic carbocycles. The molecule has 1 atom stereocenters. The van der Waals surface area contributed by atoms with Crippen molar-refractivity contribution >= 4 is 0 Å². The summed E-state index contributed by atoms with van der Waals surface area (Å²) < 4.78 is 51.4. The first-order valence-electron chi connectivity index (χ1n) is 6.29. The predicted octanol–water partition coefficient (Wildman–Crippen LogP) is 3.33. The highest BCUT2D eigenvalue weighted by molar-refractivity contribution is 5.32. The maximum Gasteiger partial charge on any atom is 0.419 e. The molecule has 0 aliphatic heterocycles. The molecule has 7 heteroatoms. The smallest absolute Gasteiger partial charge is 0.305 e. The molecule has 2 rings (SSSR count). The van der Waals surface area contributed by atoms with Crippen LogP contribution in [0, 0.1) is 5.82 Å². The minimum Gasteiger partial charge on any atom is -0.305 e. The first kappa shape index (κ1) is 15.4. The Hall–Kier alpha value is -2.02. The predicted molar refractivity (Wildman–Crippen MR) is 69.0 cm³/mol. The van der Waals surface area contributed by atoms with Gasteiger partial charge in [0.1, 0.15) is 12.1 Å². The van der Waals surface area contributed by atoms with Crippen LogP contribution in [-0.4, -0.2) is 16.5 Å². The summed E-state index contributed by atoms with van der Waals surface area (Å²) in [6, 6.07) is 4.02. The lowest BCUT2D eigenvalue weighted by Crippen LogP contribution is -2.23. The van der Waals surface area contributed by atoms with Crippen LogP contribution in [0.5, 0.6) is 0 Å². The van der Waals surface area contributed by atoms with Gasteiger partial charge in [-0.2, -0.15) is 13.2 Å². The molecular weight excluding hydrogens is 286 g/mol. The summed E-state index contributed by atoms with van der Waals surface area (Å²) in [6.07, 6.45) is -1.85. The van der Waals surface area contributed by atoms with E-state index in [0.717, 1.165) is 12.1 Å². The molecule has 112 valence electrons. The second-order valence-corrected chi connectivity index (χ2v) is 4.36. The average Bonchev–Trinajstić information content (AvgIpc) is 2.44. The summed E-state index contributed by atoms with van der Waals surface area (Å²) in [5.41, 5.74) is -0.337. The van der Waals surface area contributed by atoms with E-state index in [1.807, 2.05) is 6.92 Å². The minimum absolute atomic E-state index is 0.376. The molecule has 0 bridgehead atoms. The molecule has 0 fully saturated rings. The number of aromatic nitrogens is 2. The number of hydrogen-bond acceptors (Lipinski definition) is 3. The van der Waals surface area contributed by atoms with Crippen LogP contribution in [0.25, 0.3) is 0 Å². The summed E-state index contributed by atoms with van der Waals surface area (Å²) in [6.45, 7) is 2.39. The fourth-order valence-corrected chi connectivity index (χ4v) is 2.01. The standard InChI is InChI=1S/C14H13F4N3/c1-2-20-13(12-5-6-19-8-21-12)9-3-4-10(11(15)7-9)14(16,17)18/h3-8,13,20H,2H2,1H3. The number of nitrogens with one attached hydrogen (secondary N) is 1. The van der Waals surface area contributed by atoms with Gasteiger partial charge in [-0.3, -0.25) is 0 Å². The summed E-state index contributed by atoms with van der Waals surface area (Å²) in [7, 11) is 0. The Bertz CT molecular complexity index is 599. The number of hydrogen-bond donors (Lipinski definition) is 1. The first-order valence-corrected chi connectivity index (χ1v) is 6.29. The molecule has 0 aliphatic rings. The van der Waals surface area contributed by atoms with Gasteiger partial charge in [-0.15, -0.1) is 0 Å². The largest absolute Gasteiger partial charge is 0.419 e. The van der Waals surface area contributed by atoms with Crippen molar-refractivity contribution in [3.8, 4) is 0 Å². The van der Waals surface area contributed by atoms with Crippen molar-refractivity contribution in [1.82, 2.24) is 15.3 Å². The van der Waals surface area contributed by atoms with Gasteiger partial charge in [-0.05, 0) is 30.3 Å². The third-order valence-electron chi connectivity index (χ3n) is 2.94. The molecule has 0 saturated carbocycles. The van der Waals surface area contributed by atoms with Gasteiger partial charge in [0.15, 0.2) is 0 Å². The molecule has 0 radical (unpaired) electrons. The van der Waals surface area contributed by atoms with Crippen LogP contribution in [0.15, 0.2) is 36.8 Å². The highest BCUT2D eigenvalue weighted by atomic mass is 19.4. The second-order valence-electron chi connectivity index (χ2n) is 4.36. The SMILES string of the molecule is CCNC(c1ccc(C(F)(F)F)c(F)c1)c1ccncn1. The normalized spacial score (nSPS) is 13.2. The van der Waals surface area contributed by atoms with Gasteiger partial charge in [0, 0.05) is 6.20 Å². The van der Waals surface area contributed by atoms with E-state index in [9.17, 15) is 17.6 Å². The Labute approximate surface area is 119 Å². The summed E-state index contributed by atoms with van der Waals surface area (Å²) >= 11 is 0. The zero-order valence-electron chi connectivity index (χ0n) is 11.2. The highest BCUT2D eigenvalue weighted by Gasteiger charge is 2.34. The van der Waals surface area contributed by atoms with E-state index in [1.54, 1.807) is 6.07 Å². The van der Waals surface area contributed by atoms with Crippen molar-refractivity contribution in [2.75, 3.05) is 6.54 Å². The Kier molecular flexibility index (Phi) is 4.52. The van der Waals surface area contributed by atoms with Gasteiger partial charge in [0.25, 0.3) is 0 Å². The van der Waals surface area contributed by atoms with Gasteiger partial charge in [0.05, 0.1) is 17.3 Å². The summed E-state index contributed by atoms with van der Waals surface area (Å²) in [5.74, 6) is -1.29. The van der Waals surface area contributed by atoms with Crippen LogP contribution in [0.2, 0.25) is 0 Å². The van der Waals surface area contributed by atoms with Crippen molar-refractivity contribution < 1.29 is 17.6 Å². The maximum absolute atomic E-state index is 13.7. The van der Waals surface area contributed by atoms with E-state index in [0.29, 0.717) is 17.8 Å². The van der Waals surface area contributed by atoms with Crippen LogP contribution in [0.3, 0.4) is 0 Å². The van der Waals surface area contributed by atoms with Gasteiger partial charge < -0.3 is 5.32 Å². The van der Waals surface area contributed by atoms with Crippen molar-refractivity contribution in [1.29, 1.82) is 0 Å². The number of alkyl halides is 3. The van der Waals surface area contributed by atoms with Crippen LogP contribution >= 0.6 is 0 Å². The fourth-order valence-electron chi connectivity index (χ4n) is 2.01. The molecule has 0 amide bonds. The number of halogens is 4. The zero-order valence-corrected chi connectivity index (χ0v) is 11.2. The molecule has 1 heterocycles. The second kappa shape index (κ2) is 6.17. The van der Waals surface area contributed by atoms with Crippen molar-refractivity contribution in [3.05, 3.63) is 59.4 Å². The topological polar surface area (TPSA) is 37.8 Å². The molecule has 0 saturated heterocycles. The van der Waals surface area contributed by atoms with Gasteiger partial charge >= 0.3 is 6.18 Å². The number of rotatable bonds is 4. The minimum atomic E-state index is -4.70. The van der Waals surface area contributed by atoms with Gasteiger partial charge in [-0.25, -0.2) is 14.4 Å². The monoisotopic (exact) mass is 299 g/mol. The van der Waals surface area contributed by atoms with Crippen LogP contribution in [0.4, 0.5) is 17.6 Å². The summed E-state index contributed by atoms with van der Waals surface area (Å²) in [5, 5.41) is 3.06. The molecule has 1 N–H and O–H groups in total. The zero-order chi connectivity index (χ0) is 15.5. The van der Waals surface area contributed by atoms with E-state index in [2.05, 4.69) is 15.3 Å². The fraction of sp³-hybridized carbons (Fsp3) is 0.286. The quantitative estimate of drug-likeness (QED) is 0.880. The average molecular weight is 299 g/mol. The van der Waals surface area contributed by atoms with Crippen molar-refractivity contribution in [2.24, 2.45) is 0 Å². The molecule has 0 spiro atoms. The third kappa shape index (κ3) is 3.55. The lowest BCUT2D eigenvalue weighted by molar-refractivity contribution is -0.140. The van der Waals surface area contributed by atoms with E-state index in [-0.39, 0.29) is 0 Å². The Morgan fingerprint density at radius 2 is 2.00 bits per heavy atom. The Morgan fingerprint density at radius 1 is 1.24 bits per heavy atom. The lowest BCUT2D eigenvalue weighted by atomic mass is 10.0. The summed E-state index contributed by atoms with van der Waals surface area (Å²) in [4.78, 5) is 7.84. The van der Waals surface area contributed by atoms with Crippen molar-refractivity contribution in [3.63, 3.8) is 0 Å². The van der Waals surface area contributed by atoms with E-state index < -0.39 is 23.6 Å². The maximum atomic E-state index is 13.7. The van der Waals surface area contributed by atoms with Gasteiger partial charge in [0.2, 0.25) is 0 Å². The number of nitrogens with zero attached hydrogens (tertiary/aromatic N) is 2. The Morgan fingerprint density at radius 3 is 2.52 bits per heavy atom. The van der Waals surface area contributed by atoms with Crippen LogP contribution in [-0.2, 0) is 6.18 Å². The van der Waals surface area contributed by atoms with Crippen molar-refractivity contribution in [2.45, 2.75) is 19.1 Å². The van der Waals surface area contributed by atoms with E-state index in [4.69, 9.17) is 0 Å². The third-order valence-corrected chi connectivity index (χ3v) is 2.94. The van der Waals surface area contributed by atoms with E-state index >= 15 is 0 Å². The van der Waals surface area contributed by atoms with Crippen LogP contribution in [0.1, 0.15) is 29.8 Å². The number of benzene rings is 1. The van der Waals surface area contributed by atoms with E-state index in [1.165, 1.54) is 18.6 Å². The molecule has 1 aromatic heterocycles. The van der Waals surface area contributed by atoms with Crippen LogP contribution < -0.4 is 5.32 Å².